The van der Waals surface area contributed by atoms with E-state index in [2.05, 4.69) is 22.3 Å². The van der Waals surface area contributed by atoms with Crippen molar-refractivity contribution in [3.8, 4) is 34.4 Å². The molecule has 0 radical (unpaired) electrons. The number of rotatable bonds is 11. The second kappa shape index (κ2) is 13.6. The molecule has 224 valence electrons. The van der Waals surface area contributed by atoms with Crippen LogP contribution in [0.5, 0.6) is 23.1 Å². The first-order valence-electron chi connectivity index (χ1n) is 14.2. The predicted octanol–water partition coefficient (Wildman–Crippen LogP) is 5.85. The number of aliphatic hydroxyl groups excluding tert-OH is 1. The van der Waals surface area contributed by atoms with Crippen LogP contribution in [0.4, 0.5) is 11.4 Å². The number of pyridine rings is 1. The van der Waals surface area contributed by atoms with Gasteiger partial charge in [0, 0.05) is 43.2 Å². The lowest BCUT2D eigenvalue weighted by Crippen LogP contribution is -2.36. The molecule has 0 unspecified atom stereocenters. The molecule has 6 rings (SSSR count). The summed E-state index contributed by atoms with van der Waals surface area (Å²) in [6, 6.07) is 23.8. The SMILES string of the molecule is COC[C@H](CO)Nc1ccc2c(c1)Sc1cccc(-c3cc(N4CCOCC4)cc(OCc4ccc(OC)cc4)n3)c1O2. The third-order valence-corrected chi connectivity index (χ3v) is 8.38. The standard InChI is InChI=1S/C33H35N3O6S/c1-38-21-24(19-37)34-23-8-11-29-31(16-23)43-30-5-3-4-27(33(30)42-29)28-17-25(36-12-14-40-15-13-36)18-32(35-28)41-20-22-6-9-26(39-2)10-7-22/h3-11,16-18,24,34,37H,12-15,19-21H2,1-2H3/t24-/m0/s1. The number of aromatic nitrogens is 1. The first-order chi connectivity index (χ1) is 21.1. The number of benzene rings is 3. The third kappa shape index (κ3) is 6.83. The van der Waals surface area contributed by atoms with Gasteiger partial charge in [-0.1, -0.05) is 30.0 Å². The van der Waals surface area contributed by atoms with Crippen molar-refractivity contribution in [2.75, 3.05) is 64.0 Å². The van der Waals surface area contributed by atoms with Gasteiger partial charge >= 0.3 is 0 Å². The van der Waals surface area contributed by atoms with Crippen molar-refractivity contribution >= 4 is 23.1 Å². The summed E-state index contributed by atoms with van der Waals surface area (Å²) >= 11 is 1.65. The Bertz CT molecular complexity index is 1540. The average molecular weight is 602 g/mol. The minimum absolute atomic E-state index is 0.0247. The highest BCUT2D eigenvalue weighted by molar-refractivity contribution is 7.99. The van der Waals surface area contributed by atoms with E-state index in [0.717, 1.165) is 68.3 Å². The smallest absolute Gasteiger partial charge is 0.216 e. The van der Waals surface area contributed by atoms with Crippen LogP contribution in [0.1, 0.15) is 5.56 Å². The number of anilines is 2. The monoisotopic (exact) mass is 601 g/mol. The second-order valence-electron chi connectivity index (χ2n) is 10.3. The fourth-order valence-electron chi connectivity index (χ4n) is 5.06. The van der Waals surface area contributed by atoms with Crippen LogP contribution in [-0.2, 0) is 16.1 Å². The summed E-state index contributed by atoms with van der Waals surface area (Å²) in [6.45, 7) is 3.72. The number of nitrogens with one attached hydrogen (secondary N) is 1. The highest BCUT2D eigenvalue weighted by Crippen LogP contribution is 2.51. The zero-order chi connectivity index (χ0) is 29.6. The lowest BCUT2D eigenvalue weighted by Gasteiger charge is -2.29. The maximum absolute atomic E-state index is 9.66. The minimum Gasteiger partial charge on any atom is -0.497 e. The minimum atomic E-state index is -0.192. The van der Waals surface area contributed by atoms with Crippen LogP contribution >= 0.6 is 11.8 Å². The van der Waals surface area contributed by atoms with Crippen molar-refractivity contribution in [1.29, 1.82) is 0 Å². The Morgan fingerprint density at radius 3 is 2.60 bits per heavy atom. The van der Waals surface area contributed by atoms with E-state index in [1.165, 1.54) is 0 Å². The molecule has 2 aliphatic heterocycles. The van der Waals surface area contributed by atoms with Gasteiger partial charge in [-0.25, -0.2) is 4.98 Å². The molecule has 3 heterocycles. The van der Waals surface area contributed by atoms with Crippen molar-refractivity contribution in [3.05, 3.63) is 78.4 Å². The molecule has 0 bridgehead atoms. The zero-order valence-corrected chi connectivity index (χ0v) is 25.1. The lowest BCUT2D eigenvalue weighted by atomic mass is 10.1. The summed E-state index contributed by atoms with van der Waals surface area (Å²) in [4.78, 5) is 9.23. The number of hydrogen-bond donors (Lipinski definition) is 2. The highest BCUT2D eigenvalue weighted by atomic mass is 32.2. The van der Waals surface area contributed by atoms with Gasteiger partial charge in [0.15, 0.2) is 5.75 Å². The Balaban J connectivity index is 1.29. The van der Waals surface area contributed by atoms with Crippen LogP contribution in [0, 0.1) is 0 Å². The molecule has 1 atom stereocenters. The molecule has 0 saturated carbocycles. The van der Waals surface area contributed by atoms with Gasteiger partial charge in [0.1, 0.15) is 18.1 Å². The maximum Gasteiger partial charge on any atom is 0.216 e. The predicted molar refractivity (Wildman–Crippen MR) is 167 cm³/mol. The fourth-order valence-corrected chi connectivity index (χ4v) is 6.08. The van der Waals surface area contributed by atoms with Gasteiger partial charge in [0.2, 0.25) is 5.88 Å². The maximum atomic E-state index is 9.66. The molecule has 1 saturated heterocycles. The Labute approximate surface area is 255 Å². The van der Waals surface area contributed by atoms with Crippen molar-refractivity contribution in [2.24, 2.45) is 0 Å². The van der Waals surface area contributed by atoms with Gasteiger partial charge in [-0.05, 0) is 54.1 Å². The van der Waals surface area contributed by atoms with Crippen LogP contribution in [-0.4, -0.2) is 69.9 Å². The summed E-state index contributed by atoms with van der Waals surface area (Å²) in [6.07, 6.45) is 0. The van der Waals surface area contributed by atoms with Crippen LogP contribution in [0.2, 0.25) is 0 Å². The highest BCUT2D eigenvalue weighted by Gasteiger charge is 2.24. The zero-order valence-electron chi connectivity index (χ0n) is 24.2. The first kappa shape index (κ1) is 29.1. The van der Waals surface area contributed by atoms with Crippen LogP contribution in [0.25, 0.3) is 11.3 Å². The number of fused-ring (bicyclic) bond motifs is 2. The molecule has 10 heteroatoms. The molecule has 4 aromatic rings. The van der Waals surface area contributed by atoms with Crippen molar-refractivity contribution < 1.29 is 28.8 Å². The topological polar surface area (TPSA) is 94.5 Å². The number of morpholine rings is 1. The largest absolute Gasteiger partial charge is 0.497 e. The van der Waals surface area contributed by atoms with Gasteiger partial charge in [-0.2, -0.15) is 0 Å². The Hall–Kier alpha value is -3.96. The number of methoxy groups -OCH3 is 2. The average Bonchev–Trinajstić information content (AvgIpc) is 3.06. The van der Waals surface area contributed by atoms with E-state index >= 15 is 0 Å². The summed E-state index contributed by atoms with van der Waals surface area (Å²) in [7, 11) is 3.28. The number of hydrogen-bond acceptors (Lipinski definition) is 10. The fraction of sp³-hybridized carbons (Fsp3) is 0.303. The van der Waals surface area contributed by atoms with E-state index in [1.807, 2.05) is 60.7 Å². The number of aliphatic hydroxyl groups is 1. The van der Waals surface area contributed by atoms with Gasteiger partial charge in [-0.3, -0.25) is 0 Å². The second-order valence-corrected chi connectivity index (χ2v) is 11.3. The summed E-state index contributed by atoms with van der Waals surface area (Å²) in [5.74, 6) is 2.88. The Morgan fingerprint density at radius 2 is 1.84 bits per heavy atom. The number of para-hydroxylation sites is 1. The van der Waals surface area contributed by atoms with E-state index in [9.17, 15) is 5.11 Å². The van der Waals surface area contributed by atoms with Crippen molar-refractivity contribution in [2.45, 2.75) is 22.4 Å². The van der Waals surface area contributed by atoms with E-state index < -0.39 is 0 Å². The third-order valence-electron chi connectivity index (χ3n) is 7.30. The summed E-state index contributed by atoms with van der Waals surface area (Å²) in [5.41, 5.74) is 4.62. The molecule has 1 aromatic heterocycles. The molecule has 0 spiro atoms. The molecule has 2 aliphatic rings. The molecule has 2 N–H and O–H groups in total. The van der Waals surface area contributed by atoms with Gasteiger partial charge in [0.05, 0.1) is 55.1 Å². The van der Waals surface area contributed by atoms with Crippen LogP contribution < -0.4 is 24.4 Å². The van der Waals surface area contributed by atoms with Crippen LogP contribution in [0.15, 0.2) is 82.6 Å². The van der Waals surface area contributed by atoms with Gasteiger partial charge in [0.25, 0.3) is 0 Å². The number of ether oxygens (including phenoxy) is 5. The molecule has 43 heavy (non-hydrogen) atoms. The molecule has 3 aromatic carbocycles. The van der Waals surface area contributed by atoms with Crippen LogP contribution in [0.3, 0.4) is 0 Å². The normalized spacial score (nSPS) is 14.7. The molecule has 0 aliphatic carbocycles. The Morgan fingerprint density at radius 1 is 1.00 bits per heavy atom. The van der Waals surface area contributed by atoms with Gasteiger partial charge in [-0.15, -0.1) is 0 Å². The van der Waals surface area contributed by atoms with E-state index in [4.69, 9.17) is 28.7 Å². The quantitative estimate of drug-likeness (QED) is 0.192. The molecule has 1 fully saturated rings. The number of nitrogens with zero attached hydrogens (tertiary/aromatic N) is 2. The van der Waals surface area contributed by atoms with Gasteiger partial charge < -0.3 is 39.0 Å². The molecule has 0 amide bonds. The van der Waals surface area contributed by atoms with Crippen molar-refractivity contribution in [1.82, 2.24) is 4.98 Å². The lowest BCUT2D eigenvalue weighted by molar-refractivity contribution is 0.122. The van der Waals surface area contributed by atoms with E-state index in [0.29, 0.717) is 32.3 Å². The summed E-state index contributed by atoms with van der Waals surface area (Å²) < 4.78 is 28.9. The summed E-state index contributed by atoms with van der Waals surface area (Å²) in [5, 5.41) is 13.0. The molecular formula is C33H35N3O6S. The first-order valence-corrected chi connectivity index (χ1v) is 15.0. The molecular weight excluding hydrogens is 566 g/mol. The Kier molecular flexibility index (Phi) is 9.18. The van der Waals surface area contributed by atoms with E-state index in [1.54, 1.807) is 26.0 Å². The van der Waals surface area contributed by atoms with E-state index in [-0.39, 0.29) is 12.6 Å². The van der Waals surface area contributed by atoms with Crippen molar-refractivity contribution in [3.63, 3.8) is 0 Å². The molecule has 9 nitrogen and oxygen atoms in total.